The fraction of sp³-hybridized carbons (Fsp3) is 0.348. The highest BCUT2D eigenvalue weighted by Crippen LogP contribution is 2.20. The molecule has 0 radical (unpaired) electrons. The first-order valence-electron chi connectivity index (χ1n) is 9.96. The van der Waals surface area contributed by atoms with E-state index in [2.05, 4.69) is 39.0 Å². The highest BCUT2D eigenvalue weighted by molar-refractivity contribution is 5.81. The smallest absolute Gasteiger partial charge is 0.194 e. The van der Waals surface area contributed by atoms with Crippen LogP contribution in [-0.2, 0) is 6.54 Å². The topological polar surface area (TPSA) is 48.6 Å². The molecule has 0 aliphatic carbocycles. The standard InChI is InChI=1S/C23H27N3O2/c1-3-28-19-9-10-22-20(15-19)23(27)21(17(2)24-22)16-25-11-13-26(14-12-25)18-7-5-4-6-8-18/h4-10,15H,3,11-14,16H2,1-2H3,(H,24,27). The van der Waals surface area contributed by atoms with E-state index < -0.39 is 0 Å². The number of rotatable bonds is 5. The number of nitrogens with one attached hydrogen (secondary N) is 1. The van der Waals surface area contributed by atoms with Gasteiger partial charge in [-0.2, -0.15) is 0 Å². The lowest BCUT2D eigenvalue weighted by Gasteiger charge is -2.36. The summed E-state index contributed by atoms with van der Waals surface area (Å²) in [5.41, 5.74) is 4.05. The van der Waals surface area contributed by atoms with Gasteiger partial charge in [0.1, 0.15) is 5.75 Å². The van der Waals surface area contributed by atoms with E-state index in [1.54, 1.807) is 0 Å². The molecule has 0 spiro atoms. The number of aromatic amines is 1. The van der Waals surface area contributed by atoms with E-state index in [9.17, 15) is 4.79 Å². The first kappa shape index (κ1) is 18.6. The summed E-state index contributed by atoms with van der Waals surface area (Å²) in [6.07, 6.45) is 0. The van der Waals surface area contributed by atoms with Crippen LogP contribution in [0.2, 0.25) is 0 Å². The van der Waals surface area contributed by atoms with E-state index in [-0.39, 0.29) is 5.43 Å². The van der Waals surface area contributed by atoms with Crippen LogP contribution in [0.1, 0.15) is 18.2 Å². The Labute approximate surface area is 165 Å². The van der Waals surface area contributed by atoms with Gasteiger partial charge in [0.25, 0.3) is 0 Å². The molecule has 1 aliphatic rings. The Bertz CT molecular complexity index is 1010. The molecule has 0 atom stereocenters. The van der Waals surface area contributed by atoms with Crippen LogP contribution in [-0.4, -0.2) is 42.7 Å². The van der Waals surface area contributed by atoms with Crippen molar-refractivity contribution in [2.45, 2.75) is 20.4 Å². The second-order valence-corrected chi connectivity index (χ2v) is 7.30. The number of pyridine rings is 1. The summed E-state index contributed by atoms with van der Waals surface area (Å²) in [5, 5.41) is 0.703. The van der Waals surface area contributed by atoms with Crippen LogP contribution in [0.25, 0.3) is 10.9 Å². The van der Waals surface area contributed by atoms with Gasteiger partial charge in [-0.05, 0) is 44.2 Å². The Hall–Kier alpha value is -2.79. The van der Waals surface area contributed by atoms with Gasteiger partial charge in [0.15, 0.2) is 5.43 Å². The Morgan fingerprint density at radius 1 is 1.04 bits per heavy atom. The molecular weight excluding hydrogens is 350 g/mol. The van der Waals surface area contributed by atoms with Gasteiger partial charge in [-0.15, -0.1) is 0 Å². The molecule has 28 heavy (non-hydrogen) atoms. The van der Waals surface area contributed by atoms with Crippen LogP contribution in [0, 0.1) is 6.92 Å². The highest BCUT2D eigenvalue weighted by atomic mass is 16.5. The normalized spacial score (nSPS) is 15.1. The van der Waals surface area contributed by atoms with Gasteiger partial charge in [0, 0.05) is 60.6 Å². The van der Waals surface area contributed by atoms with Crippen LogP contribution in [0.15, 0.2) is 53.3 Å². The minimum atomic E-state index is 0.110. The van der Waals surface area contributed by atoms with Gasteiger partial charge in [0.2, 0.25) is 0 Å². The van der Waals surface area contributed by atoms with Crippen molar-refractivity contribution in [1.29, 1.82) is 0 Å². The molecular formula is C23H27N3O2. The summed E-state index contributed by atoms with van der Waals surface area (Å²) in [6, 6.07) is 16.2. The van der Waals surface area contributed by atoms with Gasteiger partial charge in [0.05, 0.1) is 6.61 Å². The lowest BCUT2D eigenvalue weighted by atomic mass is 10.1. The number of aryl methyl sites for hydroxylation is 1. The number of piperazine rings is 1. The maximum absolute atomic E-state index is 13.2. The van der Waals surface area contributed by atoms with Crippen LogP contribution in [0.3, 0.4) is 0 Å². The van der Waals surface area contributed by atoms with Crippen molar-refractivity contribution in [3.8, 4) is 5.75 Å². The van der Waals surface area contributed by atoms with Gasteiger partial charge in [-0.1, -0.05) is 18.2 Å². The van der Waals surface area contributed by atoms with Crippen molar-refractivity contribution in [2.75, 3.05) is 37.7 Å². The Kier molecular flexibility index (Phi) is 5.35. The molecule has 1 N–H and O–H groups in total. The molecule has 0 unspecified atom stereocenters. The third kappa shape index (κ3) is 3.76. The fourth-order valence-electron chi connectivity index (χ4n) is 3.90. The van der Waals surface area contributed by atoms with Crippen molar-refractivity contribution < 1.29 is 4.74 Å². The molecule has 0 amide bonds. The quantitative estimate of drug-likeness (QED) is 0.739. The molecule has 5 nitrogen and oxygen atoms in total. The highest BCUT2D eigenvalue weighted by Gasteiger charge is 2.20. The van der Waals surface area contributed by atoms with E-state index in [0.717, 1.165) is 48.7 Å². The average molecular weight is 377 g/mol. The summed E-state index contributed by atoms with van der Waals surface area (Å²) in [4.78, 5) is 21.3. The van der Waals surface area contributed by atoms with E-state index in [4.69, 9.17) is 4.74 Å². The van der Waals surface area contributed by atoms with Gasteiger partial charge in [-0.3, -0.25) is 9.69 Å². The van der Waals surface area contributed by atoms with Crippen LogP contribution in [0.5, 0.6) is 5.75 Å². The lowest BCUT2D eigenvalue weighted by Crippen LogP contribution is -2.46. The number of nitrogens with zero attached hydrogens (tertiary/aromatic N) is 2. The predicted molar refractivity (Wildman–Crippen MR) is 114 cm³/mol. The molecule has 3 aromatic rings. The Morgan fingerprint density at radius 2 is 1.79 bits per heavy atom. The molecule has 1 fully saturated rings. The molecule has 2 aromatic carbocycles. The van der Waals surface area contributed by atoms with Crippen LogP contribution in [0.4, 0.5) is 5.69 Å². The molecule has 1 saturated heterocycles. The second-order valence-electron chi connectivity index (χ2n) is 7.30. The fourth-order valence-corrected chi connectivity index (χ4v) is 3.90. The average Bonchev–Trinajstić information content (AvgIpc) is 2.73. The van der Waals surface area contributed by atoms with E-state index in [1.165, 1.54) is 5.69 Å². The summed E-state index contributed by atoms with van der Waals surface area (Å²) in [5.74, 6) is 0.742. The van der Waals surface area contributed by atoms with Gasteiger partial charge in [-0.25, -0.2) is 0 Å². The van der Waals surface area contributed by atoms with Crippen LogP contribution < -0.4 is 15.1 Å². The third-order valence-electron chi connectivity index (χ3n) is 5.47. The number of anilines is 1. The molecule has 0 bridgehead atoms. The zero-order valence-corrected chi connectivity index (χ0v) is 16.6. The number of hydrogen-bond donors (Lipinski definition) is 1. The lowest BCUT2D eigenvalue weighted by molar-refractivity contribution is 0.248. The number of hydrogen-bond acceptors (Lipinski definition) is 4. The minimum Gasteiger partial charge on any atom is -0.494 e. The zero-order chi connectivity index (χ0) is 19.5. The van der Waals surface area contributed by atoms with E-state index in [1.807, 2.05) is 38.1 Å². The largest absolute Gasteiger partial charge is 0.494 e. The van der Waals surface area contributed by atoms with Gasteiger partial charge >= 0.3 is 0 Å². The molecule has 1 aromatic heterocycles. The van der Waals surface area contributed by atoms with Crippen molar-refractivity contribution in [1.82, 2.24) is 9.88 Å². The number of fused-ring (bicyclic) bond motifs is 1. The van der Waals surface area contributed by atoms with Crippen molar-refractivity contribution in [2.24, 2.45) is 0 Å². The van der Waals surface area contributed by atoms with Crippen LogP contribution >= 0.6 is 0 Å². The summed E-state index contributed by atoms with van der Waals surface area (Å²) < 4.78 is 5.57. The number of ether oxygens (including phenoxy) is 1. The van der Waals surface area contributed by atoms with E-state index in [0.29, 0.717) is 18.5 Å². The van der Waals surface area contributed by atoms with Crippen molar-refractivity contribution in [3.05, 3.63) is 70.0 Å². The molecule has 4 rings (SSSR count). The minimum absolute atomic E-state index is 0.110. The van der Waals surface area contributed by atoms with Crippen molar-refractivity contribution in [3.63, 3.8) is 0 Å². The summed E-state index contributed by atoms with van der Waals surface area (Å²) in [6.45, 7) is 9.06. The van der Waals surface area contributed by atoms with Gasteiger partial charge < -0.3 is 14.6 Å². The maximum Gasteiger partial charge on any atom is 0.194 e. The first-order chi connectivity index (χ1) is 13.7. The SMILES string of the molecule is CCOc1ccc2[nH]c(C)c(CN3CCN(c4ccccc4)CC3)c(=O)c2c1. The number of para-hydroxylation sites is 1. The summed E-state index contributed by atoms with van der Waals surface area (Å²) in [7, 11) is 0. The Morgan fingerprint density at radius 3 is 2.50 bits per heavy atom. The molecule has 146 valence electrons. The number of benzene rings is 2. The zero-order valence-electron chi connectivity index (χ0n) is 16.6. The Balaban J connectivity index is 1.52. The molecule has 5 heteroatoms. The number of H-pyrrole nitrogens is 1. The first-order valence-corrected chi connectivity index (χ1v) is 9.96. The number of aromatic nitrogens is 1. The predicted octanol–water partition coefficient (Wildman–Crippen LogP) is 3.56. The van der Waals surface area contributed by atoms with Crippen molar-refractivity contribution >= 4 is 16.6 Å². The maximum atomic E-state index is 13.2. The molecule has 0 saturated carbocycles. The monoisotopic (exact) mass is 377 g/mol. The third-order valence-corrected chi connectivity index (χ3v) is 5.47. The second kappa shape index (κ2) is 8.07. The molecule has 2 heterocycles. The van der Waals surface area contributed by atoms with E-state index >= 15 is 0 Å². The summed E-state index contributed by atoms with van der Waals surface area (Å²) >= 11 is 0. The molecule has 1 aliphatic heterocycles.